The molecule has 8 heteroatoms. The first-order valence-corrected chi connectivity index (χ1v) is 18.9. The van der Waals surface area contributed by atoms with Crippen LogP contribution in [0, 0.1) is 20.8 Å². The van der Waals surface area contributed by atoms with Gasteiger partial charge in [0.25, 0.3) is 10.1 Å². The summed E-state index contributed by atoms with van der Waals surface area (Å²) in [5.41, 5.74) is 4.61. The summed E-state index contributed by atoms with van der Waals surface area (Å²) in [6.45, 7) is 8.66. The van der Waals surface area contributed by atoms with Gasteiger partial charge in [-0.1, -0.05) is 93.3 Å². The second-order valence-corrected chi connectivity index (χ2v) is 16.2. The maximum Gasteiger partial charge on any atom is 0.266 e. The van der Waals surface area contributed by atoms with Crippen LogP contribution < -0.4 is 10.6 Å². The third kappa shape index (κ3) is 7.75. The van der Waals surface area contributed by atoms with E-state index in [0.717, 1.165) is 72.8 Å². The SMILES string of the molecule is CCCCc1ccccc1P(=O)(C(=O)c1c(C)cc(C)c(CN(CCS(=O)(=O)O)C2CCCCC2)c1C)c1ccccc1. The van der Waals surface area contributed by atoms with Crippen molar-refractivity contribution in [3.8, 4) is 0 Å². The molecule has 3 aromatic carbocycles. The molecular weight excluding hydrogens is 577 g/mol. The van der Waals surface area contributed by atoms with Crippen molar-refractivity contribution in [2.45, 2.75) is 91.6 Å². The van der Waals surface area contributed by atoms with Crippen molar-refractivity contribution < 1.29 is 22.3 Å². The van der Waals surface area contributed by atoms with E-state index in [9.17, 15) is 17.8 Å². The standard InChI is InChI=1S/C35H46NO5PS/c1-5-6-15-29-16-13-14-21-33(29)42(38,31-19-11-8-12-20-31)35(37)34-27(3)24-26(2)32(28(34)4)25-36(22-23-43(39,40)41)30-17-9-7-10-18-30/h8,11-14,16,19-21,24,30H,5-7,9-10,15,17-18,22-23,25H2,1-4H3,(H,39,40,41). The van der Waals surface area contributed by atoms with E-state index >= 15 is 4.57 Å². The summed E-state index contributed by atoms with van der Waals surface area (Å²) >= 11 is 0. The first-order valence-electron chi connectivity index (χ1n) is 15.5. The van der Waals surface area contributed by atoms with Crippen LogP contribution in [-0.4, -0.2) is 41.7 Å². The molecule has 0 bridgehead atoms. The number of carbonyl (C=O) groups excluding carboxylic acids is 1. The maximum atomic E-state index is 15.4. The number of nitrogens with zero attached hydrogens (tertiary/aromatic N) is 1. The molecule has 1 fully saturated rings. The van der Waals surface area contributed by atoms with Gasteiger partial charge in [-0.15, -0.1) is 0 Å². The van der Waals surface area contributed by atoms with Crippen LogP contribution in [0.25, 0.3) is 0 Å². The van der Waals surface area contributed by atoms with Gasteiger partial charge in [0, 0.05) is 35.3 Å². The zero-order valence-electron chi connectivity index (χ0n) is 26.0. The molecule has 1 atom stereocenters. The highest BCUT2D eigenvalue weighted by Gasteiger charge is 2.40. The van der Waals surface area contributed by atoms with Gasteiger partial charge >= 0.3 is 0 Å². The van der Waals surface area contributed by atoms with Gasteiger partial charge in [-0.2, -0.15) is 8.42 Å². The summed E-state index contributed by atoms with van der Waals surface area (Å²) in [4.78, 5) is 17.0. The predicted molar refractivity (Wildman–Crippen MR) is 177 cm³/mol. The van der Waals surface area contributed by atoms with Crippen LogP contribution in [0.15, 0.2) is 60.7 Å². The quantitative estimate of drug-likeness (QED) is 0.161. The number of unbranched alkanes of at least 4 members (excludes halogenated alkanes) is 1. The highest BCUT2D eigenvalue weighted by atomic mass is 32.2. The van der Waals surface area contributed by atoms with E-state index < -0.39 is 17.3 Å². The molecule has 1 unspecified atom stereocenters. The molecule has 4 rings (SSSR count). The van der Waals surface area contributed by atoms with Gasteiger partial charge in [-0.05, 0) is 74.3 Å². The van der Waals surface area contributed by atoms with E-state index in [1.807, 2.05) is 69.3 Å². The summed E-state index contributed by atoms with van der Waals surface area (Å²) in [5.74, 6) is -0.336. The monoisotopic (exact) mass is 623 g/mol. The summed E-state index contributed by atoms with van der Waals surface area (Å²) < 4.78 is 48.4. The minimum Gasteiger partial charge on any atom is -0.305 e. The Balaban J connectivity index is 1.84. The zero-order valence-corrected chi connectivity index (χ0v) is 27.7. The highest BCUT2D eigenvalue weighted by Crippen LogP contribution is 2.49. The normalized spacial score (nSPS) is 15.9. The molecule has 0 saturated heterocycles. The van der Waals surface area contributed by atoms with E-state index in [2.05, 4.69) is 11.8 Å². The molecule has 0 amide bonds. The topological polar surface area (TPSA) is 91.8 Å². The summed E-state index contributed by atoms with van der Waals surface area (Å²) in [5, 5.41) is 1.14. The number of benzene rings is 3. The molecule has 1 N–H and O–H groups in total. The molecule has 0 spiro atoms. The maximum absolute atomic E-state index is 15.4. The first-order chi connectivity index (χ1) is 20.5. The van der Waals surface area contributed by atoms with E-state index in [-0.39, 0.29) is 23.9 Å². The Kier molecular flexibility index (Phi) is 11.2. The summed E-state index contributed by atoms with van der Waals surface area (Å²) in [6, 6.07) is 19.0. The second kappa shape index (κ2) is 14.5. The Morgan fingerprint density at radius 3 is 2.26 bits per heavy atom. The van der Waals surface area contributed by atoms with Crippen LogP contribution in [0.3, 0.4) is 0 Å². The fourth-order valence-corrected chi connectivity index (χ4v) is 9.96. The van der Waals surface area contributed by atoms with Gasteiger partial charge in [-0.25, -0.2) is 0 Å². The number of hydrogen-bond donors (Lipinski definition) is 1. The van der Waals surface area contributed by atoms with Crippen molar-refractivity contribution in [3.05, 3.63) is 94.0 Å². The zero-order chi connectivity index (χ0) is 31.2. The lowest BCUT2D eigenvalue weighted by molar-refractivity contribution is 0.107. The van der Waals surface area contributed by atoms with Crippen LogP contribution in [0.2, 0.25) is 0 Å². The lowest BCUT2D eigenvalue weighted by Gasteiger charge is -2.35. The van der Waals surface area contributed by atoms with Crippen LogP contribution in [0.4, 0.5) is 0 Å². The van der Waals surface area contributed by atoms with Crippen LogP contribution >= 0.6 is 7.14 Å². The van der Waals surface area contributed by atoms with E-state index in [0.29, 0.717) is 22.7 Å². The largest absolute Gasteiger partial charge is 0.305 e. The molecule has 1 saturated carbocycles. The average molecular weight is 624 g/mol. The van der Waals surface area contributed by atoms with Gasteiger partial charge in [-0.3, -0.25) is 14.2 Å². The Bertz CT molecular complexity index is 1580. The fraction of sp³-hybridized carbons (Fsp3) is 0.457. The molecule has 0 radical (unpaired) electrons. The lowest BCUT2D eigenvalue weighted by atomic mass is 9.91. The molecule has 1 aliphatic carbocycles. The Labute approximate surface area is 258 Å². The van der Waals surface area contributed by atoms with E-state index in [1.54, 1.807) is 12.1 Å². The number of rotatable bonds is 13. The van der Waals surface area contributed by atoms with Gasteiger partial charge in [0.2, 0.25) is 12.7 Å². The van der Waals surface area contributed by atoms with Crippen molar-refractivity contribution in [1.29, 1.82) is 0 Å². The lowest BCUT2D eigenvalue weighted by Crippen LogP contribution is -2.39. The number of carbonyl (C=O) groups is 1. The highest BCUT2D eigenvalue weighted by molar-refractivity contribution is 7.93. The van der Waals surface area contributed by atoms with Crippen molar-refractivity contribution in [3.63, 3.8) is 0 Å². The van der Waals surface area contributed by atoms with Gasteiger partial charge in [0.15, 0.2) is 0 Å². The minimum atomic E-state index is -4.12. The molecule has 43 heavy (non-hydrogen) atoms. The third-order valence-corrected chi connectivity index (χ3v) is 12.6. The fourth-order valence-electron chi connectivity index (χ4n) is 6.63. The van der Waals surface area contributed by atoms with Crippen molar-refractivity contribution in [2.24, 2.45) is 0 Å². The number of aryl methyl sites for hydroxylation is 3. The van der Waals surface area contributed by atoms with Crippen LogP contribution in [0.5, 0.6) is 0 Å². The molecule has 0 aliphatic heterocycles. The Morgan fingerprint density at radius 1 is 0.953 bits per heavy atom. The molecule has 6 nitrogen and oxygen atoms in total. The first kappa shape index (κ1) is 33.3. The van der Waals surface area contributed by atoms with Crippen LogP contribution in [0.1, 0.15) is 90.0 Å². The molecule has 3 aromatic rings. The van der Waals surface area contributed by atoms with E-state index in [1.165, 1.54) is 6.42 Å². The molecule has 0 aromatic heterocycles. The smallest absolute Gasteiger partial charge is 0.266 e. The van der Waals surface area contributed by atoms with Gasteiger partial charge in [0.05, 0.1) is 5.75 Å². The van der Waals surface area contributed by atoms with Crippen LogP contribution in [-0.2, 0) is 27.6 Å². The number of hydrogen-bond acceptors (Lipinski definition) is 5. The Hall–Kier alpha value is -2.57. The van der Waals surface area contributed by atoms with Gasteiger partial charge in [0.1, 0.15) is 0 Å². The molecule has 1 aliphatic rings. The predicted octanol–water partition coefficient (Wildman–Crippen LogP) is 7.13. The minimum absolute atomic E-state index is 0.204. The van der Waals surface area contributed by atoms with E-state index in [4.69, 9.17) is 0 Å². The molecular formula is C35H46NO5PS. The Morgan fingerprint density at radius 2 is 1.60 bits per heavy atom. The molecule has 232 valence electrons. The second-order valence-electron chi connectivity index (χ2n) is 12.0. The molecule has 0 heterocycles. The van der Waals surface area contributed by atoms with Gasteiger partial charge < -0.3 is 4.57 Å². The third-order valence-electron chi connectivity index (χ3n) is 8.97. The average Bonchev–Trinajstić information content (AvgIpc) is 2.99. The summed E-state index contributed by atoms with van der Waals surface area (Å²) in [6.07, 6.45) is 7.95. The summed E-state index contributed by atoms with van der Waals surface area (Å²) in [7, 11) is -7.89. The van der Waals surface area contributed by atoms with Crippen molar-refractivity contribution >= 4 is 33.4 Å². The van der Waals surface area contributed by atoms with Crippen molar-refractivity contribution in [2.75, 3.05) is 12.3 Å². The van der Waals surface area contributed by atoms with Crippen molar-refractivity contribution in [1.82, 2.24) is 4.90 Å².